The molecular formula is C22H13ClF2N2O4S. The van der Waals surface area contributed by atoms with Crippen LogP contribution in [-0.4, -0.2) is 24.5 Å². The topological polar surface area (TPSA) is 96.4 Å². The normalized spacial score (nSPS) is 11.5. The molecule has 0 aliphatic heterocycles. The van der Waals surface area contributed by atoms with Crippen molar-refractivity contribution in [2.75, 3.05) is 4.72 Å². The first-order valence-electron chi connectivity index (χ1n) is 9.06. The maximum atomic E-state index is 13.6. The fraction of sp³-hybridized carbons (Fsp3) is 0. The zero-order valence-corrected chi connectivity index (χ0v) is 17.6. The van der Waals surface area contributed by atoms with E-state index in [0.29, 0.717) is 27.6 Å². The van der Waals surface area contributed by atoms with Gasteiger partial charge in [0.25, 0.3) is 10.0 Å². The number of hydrogen-bond acceptors (Lipinski definition) is 4. The second-order valence-electron chi connectivity index (χ2n) is 6.74. The molecule has 32 heavy (non-hydrogen) atoms. The van der Waals surface area contributed by atoms with Crippen molar-refractivity contribution in [3.8, 4) is 11.1 Å². The summed E-state index contributed by atoms with van der Waals surface area (Å²) in [5, 5.41) is 10.2. The van der Waals surface area contributed by atoms with E-state index in [2.05, 4.69) is 9.71 Å². The predicted molar refractivity (Wildman–Crippen MR) is 116 cm³/mol. The van der Waals surface area contributed by atoms with Crippen LogP contribution in [0.3, 0.4) is 0 Å². The maximum absolute atomic E-state index is 13.6. The molecule has 0 radical (unpaired) electrons. The highest BCUT2D eigenvalue weighted by Crippen LogP contribution is 2.37. The third-order valence-corrected chi connectivity index (χ3v) is 6.32. The largest absolute Gasteiger partial charge is 0.478 e. The average Bonchev–Trinajstić information content (AvgIpc) is 2.75. The van der Waals surface area contributed by atoms with Gasteiger partial charge in [-0.1, -0.05) is 23.7 Å². The van der Waals surface area contributed by atoms with Crippen LogP contribution in [0.15, 0.2) is 71.8 Å². The number of fused-ring (bicyclic) bond motifs is 1. The van der Waals surface area contributed by atoms with Crippen molar-refractivity contribution in [3.05, 3.63) is 89.1 Å². The number of benzene rings is 3. The molecule has 0 amide bonds. The van der Waals surface area contributed by atoms with Gasteiger partial charge in [-0.25, -0.2) is 22.0 Å². The van der Waals surface area contributed by atoms with Crippen LogP contribution in [0.2, 0.25) is 5.02 Å². The molecular weight excluding hydrogens is 462 g/mol. The Labute approximate surface area is 186 Å². The molecule has 0 atom stereocenters. The van der Waals surface area contributed by atoms with E-state index in [-0.39, 0.29) is 16.8 Å². The van der Waals surface area contributed by atoms with Crippen molar-refractivity contribution in [1.29, 1.82) is 0 Å². The summed E-state index contributed by atoms with van der Waals surface area (Å²) in [6.45, 7) is 0. The molecule has 0 saturated carbocycles. The third-order valence-electron chi connectivity index (χ3n) is 4.72. The summed E-state index contributed by atoms with van der Waals surface area (Å²) in [7, 11) is -4.28. The fourth-order valence-corrected chi connectivity index (χ4v) is 4.52. The van der Waals surface area contributed by atoms with Crippen molar-refractivity contribution in [2.45, 2.75) is 4.90 Å². The van der Waals surface area contributed by atoms with Crippen LogP contribution in [-0.2, 0) is 10.0 Å². The van der Waals surface area contributed by atoms with Crippen molar-refractivity contribution in [1.82, 2.24) is 4.98 Å². The molecule has 4 aromatic rings. The Morgan fingerprint density at radius 3 is 2.47 bits per heavy atom. The molecule has 6 nitrogen and oxygen atoms in total. The Kier molecular flexibility index (Phi) is 5.53. The van der Waals surface area contributed by atoms with Gasteiger partial charge in [-0.05, 0) is 54.1 Å². The highest BCUT2D eigenvalue weighted by atomic mass is 35.5. The third kappa shape index (κ3) is 4.00. The quantitative estimate of drug-likeness (QED) is 0.407. The summed E-state index contributed by atoms with van der Waals surface area (Å²) in [4.78, 5) is 15.3. The Morgan fingerprint density at radius 2 is 1.75 bits per heavy atom. The molecule has 10 heteroatoms. The fourth-order valence-electron chi connectivity index (χ4n) is 3.26. The standard InChI is InChI=1S/C22H13ClF2N2O4S/c23-12-3-8-20(27-32(30,31)13-4-7-18(24)19(25)11-13)17(10-12)14-5-6-16(22(28)29)21-15(14)2-1-9-26-21/h1-11,27H,(H,28,29). The lowest BCUT2D eigenvalue weighted by Gasteiger charge is -2.15. The summed E-state index contributed by atoms with van der Waals surface area (Å²) in [6, 6.07) is 12.8. The highest BCUT2D eigenvalue weighted by Gasteiger charge is 2.21. The molecule has 0 bridgehead atoms. The van der Waals surface area contributed by atoms with Gasteiger partial charge in [0.05, 0.1) is 21.7 Å². The van der Waals surface area contributed by atoms with Gasteiger partial charge in [-0.15, -0.1) is 0 Å². The van der Waals surface area contributed by atoms with Crippen molar-refractivity contribution >= 4 is 44.2 Å². The van der Waals surface area contributed by atoms with Gasteiger partial charge in [0.15, 0.2) is 11.6 Å². The van der Waals surface area contributed by atoms with Crippen LogP contribution in [0.1, 0.15) is 10.4 Å². The lowest BCUT2D eigenvalue weighted by molar-refractivity contribution is 0.0699. The zero-order valence-electron chi connectivity index (χ0n) is 16.0. The van der Waals surface area contributed by atoms with Gasteiger partial charge >= 0.3 is 5.97 Å². The molecule has 1 aromatic heterocycles. The van der Waals surface area contributed by atoms with E-state index in [0.717, 1.165) is 12.1 Å². The Balaban J connectivity index is 1.88. The summed E-state index contributed by atoms with van der Waals surface area (Å²) >= 11 is 6.15. The van der Waals surface area contributed by atoms with Crippen LogP contribution in [0.25, 0.3) is 22.0 Å². The first kappa shape index (κ1) is 21.7. The molecule has 1 heterocycles. The number of carboxylic acid groups (broad SMARTS) is 1. The van der Waals surface area contributed by atoms with E-state index in [1.54, 1.807) is 12.1 Å². The molecule has 0 aliphatic carbocycles. The number of pyridine rings is 1. The number of halogens is 3. The van der Waals surface area contributed by atoms with Gasteiger partial charge in [0.1, 0.15) is 0 Å². The van der Waals surface area contributed by atoms with Crippen LogP contribution < -0.4 is 4.72 Å². The van der Waals surface area contributed by atoms with E-state index in [1.165, 1.54) is 36.5 Å². The molecule has 0 spiro atoms. The molecule has 2 N–H and O–H groups in total. The number of anilines is 1. The summed E-state index contributed by atoms with van der Waals surface area (Å²) < 4.78 is 54.8. The number of hydrogen-bond donors (Lipinski definition) is 2. The number of aromatic carboxylic acids is 1. The molecule has 4 rings (SSSR count). The van der Waals surface area contributed by atoms with Gasteiger partial charge in [-0.2, -0.15) is 0 Å². The lowest BCUT2D eigenvalue weighted by Crippen LogP contribution is -2.14. The van der Waals surface area contributed by atoms with Crippen molar-refractivity contribution in [2.24, 2.45) is 0 Å². The smallest absolute Gasteiger partial charge is 0.337 e. The van der Waals surface area contributed by atoms with E-state index >= 15 is 0 Å². The first-order valence-corrected chi connectivity index (χ1v) is 10.9. The number of carbonyl (C=O) groups is 1. The molecule has 0 unspecified atom stereocenters. The Bertz CT molecular complexity index is 1490. The van der Waals surface area contributed by atoms with E-state index in [1.807, 2.05) is 0 Å². The number of nitrogens with one attached hydrogen (secondary N) is 1. The number of carboxylic acids is 1. The predicted octanol–water partition coefficient (Wildman–Crippen LogP) is 5.33. The minimum atomic E-state index is -4.28. The highest BCUT2D eigenvalue weighted by molar-refractivity contribution is 7.92. The molecule has 0 fully saturated rings. The van der Waals surface area contributed by atoms with Gasteiger partial charge in [0, 0.05) is 22.2 Å². The number of aromatic nitrogens is 1. The van der Waals surface area contributed by atoms with E-state index in [9.17, 15) is 27.1 Å². The SMILES string of the molecule is O=C(O)c1ccc(-c2cc(Cl)ccc2NS(=O)(=O)c2ccc(F)c(F)c2)c2cccnc12. The Hall–Kier alpha value is -3.56. The van der Waals surface area contributed by atoms with Gasteiger partial charge in [0.2, 0.25) is 0 Å². The van der Waals surface area contributed by atoms with Crippen LogP contribution >= 0.6 is 11.6 Å². The van der Waals surface area contributed by atoms with Crippen LogP contribution in [0.4, 0.5) is 14.5 Å². The van der Waals surface area contributed by atoms with Gasteiger partial charge in [-0.3, -0.25) is 9.71 Å². The number of nitrogens with zero attached hydrogens (tertiary/aromatic N) is 1. The maximum Gasteiger partial charge on any atom is 0.337 e. The molecule has 162 valence electrons. The number of rotatable bonds is 5. The second-order valence-corrected chi connectivity index (χ2v) is 8.86. The molecule has 3 aromatic carbocycles. The van der Waals surface area contributed by atoms with E-state index < -0.39 is 32.5 Å². The van der Waals surface area contributed by atoms with Crippen molar-refractivity contribution < 1.29 is 27.1 Å². The summed E-state index contributed by atoms with van der Waals surface area (Å²) in [5.41, 5.74) is 1.12. The molecule has 0 saturated heterocycles. The lowest BCUT2D eigenvalue weighted by atomic mass is 9.97. The second kappa shape index (κ2) is 8.18. The minimum Gasteiger partial charge on any atom is -0.478 e. The summed E-state index contributed by atoms with van der Waals surface area (Å²) in [6.07, 6.45) is 1.45. The first-order chi connectivity index (χ1) is 15.2. The monoisotopic (exact) mass is 474 g/mol. The summed E-state index contributed by atoms with van der Waals surface area (Å²) in [5.74, 6) is -3.63. The Morgan fingerprint density at radius 1 is 0.969 bits per heavy atom. The number of sulfonamides is 1. The van der Waals surface area contributed by atoms with Gasteiger partial charge < -0.3 is 5.11 Å². The van der Waals surface area contributed by atoms with Crippen LogP contribution in [0, 0.1) is 11.6 Å². The average molecular weight is 475 g/mol. The minimum absolute atomic E-state index is 0.0182. The van der Waals surface area contributed by atoms with Crippen molar-refractivity contribution in [3.63, 3.8) is 0 Å². The zero-order chi connectivity index (χ0) is 23.0. The van der Waals surface area contributed by atoms with E-state index in [4.69, 9.17) is 11.6 Å². The van der Waals surface area contributed by atoms with Crippen LogP contribution in [0.5, 0.6) is 0 Å². The molecule has 0 aliphatic rings.